The number of hydrogen-bond acceptors (Lipinski definition) is 7. The second-order valence-corrected chi connectivity index (χ2v) is 6.50. The summed E-state index contributed by atoms with van der Waals surface area (Å²) >= 11 is 0. The van der Waals surface area contributed by atoms with Crippen molar-refractivity contribution in [2.24, 2.45) is 0 Å². The number of nitrogens with one attached hydrogen (secondary N) is 1. The van der Waals surface area contributed by atoms with Gasteiger partial charge in [0.1, 0.15) is 5.58 Å². The number of benzene rings is 2. The van der Waals surface area contributed by atoms with E-state index < -0.39 is 5.91 Å². The van der Waals surface area contributed by atoms with Crippen molar-refractivity contribution in [2.75, 3.05) is 18.5 Å². The van der Waals surface area contributed by atoms with Crippen molar-refractivity contribution < 1.29 is 23.3 Å². The third-order valence-corrected chi connectivity index (χ3v) is 4.59. The van der Waals surface area contributed by atoms with E-state index in [-0.39, 0.29) is 11.6 Å². The van der Waals surface area contributed by atoms with Crippen LogP contribution in [0.25, 0.3) is 22.2 Å². The minimum Gasteiger partial charge on any atom is -0.490 e. The first-order chi connectivity index (χ1) is 14.6. The van der Waals surface area contributed by atoms with Gasteiger partial charge in [0.05, 0.1) is 13.2 Å². The van der Waals surface area contributed by atoms with Gasteiger partial charge in [0.25, 0.3) is 5.91 Å². The minimum atomic E-state index is -0.434. The van der Waals surface area contributed by atoms with Gasteiger partial charge < -0.3 is 13.9 Å². The number of aryl methyl sites for hydroxylation is 1. The summed E-state index contributed by atoms with van der Waals surface area (Å²) in [5, 5.41) is 11.4. The molecule has 0 aliphatic heterocycles. The summed E-state index contributed by atoms with van der Waals surface area (Å²) in [6, 6.07) is 12.8. The Kier molecular flexibility index (Phi) is 5.38. The monoisotopic (exact) mass is 407 g/mol. The summed E-state index contributed by atoms with van der Waals surface area (Å²) in [4.78, 5) is 12.8. The number of rotatable bonds is 7. The van der Waals surface area contributed by atoms with Crippen LogP contribution >= 0.6 is 0 Å². The molecule has 0 aliphatic rings. The second-order valence-electron chi connectivity index (χ2n) is 6.50. The van der Waals surface area contributed by atoms with Crippen molar-refractivity contribution in [2.45, 2.75) is 20.8 Å². The molecule has 4 aromatic rings. The number of hydrogen-bond donors (Lipinski definition) is 1. The lowest BCUT2D eigenvalue weighted by molar-refractivity contribution is 0.0997. The van der Waals surface area contributed by atoms with Gasteiger partial charge in [-0.15, -0.1) is 0 Å². The number of amides is 1. The molecule has 30 heavy (non-hydrogen) atoms. The predicted molar refractivity (Wildman–Crippen MR) is 111 cm³/mol. The largest absolute Gasteiger partial charge is 0.490 e. The van der Waals surface area contributed by atoms with Crippen molar-refractivity contribution in [3.63, 3.8) is 0 Å². The van der Waals surface area contributed by atoms with Gasteiger partial charge in [-0.05, 0) is 55.4 Å². The number of nitrogens with zero attached hydrogens (tertiary/aromatic N) is 2. The van der Waals surface area contributed by atoms with Gasteiger partial charge in [0, 0.05) is 16.5 Å². The summed E-state index contributed by atoms with van der Waals surface area (Å²) in [6.45, 7) is 6.63. The highest BCUT2D eigenvalue weighted by molar-refractivity contribution is 6.07. The van der Waals surface area contributed by atoms with Gasteiger partial charge in [0.15, 0.2) is 23.0 Å². The molecule has 0 radical (unpaired) electrons. The van der Waals surface area contributed by atoms with Crippen molar-refractivity contribution >= 4 is 22.7 Å². The average molecular weight is 407 g/mol. The summed E-state index contributed by atoms with van der Waals surface area (Å²) in [5.74, 6) is 1.17. The van der Waals surface area contributed by atoms with Crippen LogP contribution in [0.5, 0.6) is 11.5 Å². The van der Waals surface area contributed by atoms with Crippen LogP contribution in [0.2, 0.25) is 0 Å². The Labute approximate surface area is 172 Å². The number of carbonyl (C=O) groups is 1. The highest BCUT2D eigenvalue weighted by atomic mass is 16.6. The molecule has 0 saturated heterocycles. The van der Waals surface area contributed by atoms with Crippen LogP contribution in [0, 0.1) is 6.92 Å². The van der Waals surface area contributed by atoms with Crippen molar-refractivity contribution in [1.82, 2.24) is 10.3 Å². The van der Waals surface area contributed by atoms with E-state index in [1.165, 1.54) is 0 Å². The van der Waals surface area contributed by atoms with Gasteiger partial charge in [-0.2, -0.15) is 0 Å². The van der Waals surface area contributed by atoms with E-state index >= 15 is 0 Å². The molecule has 0 atom stereocenters. The van der Waals surface area contributed by atoms with E-state index in [1.807, 2.05) is 45.0 Å². The lowest BCUT2D eigenvalue weighted by Gasteiger charge is -2.11. The standard InChI is InChI=1S/C22H21N3O5/c1-4-27-17-11-10-14(12-18(17)28-5-2)19-21(25-30-24-19)23-22(26)20-13(3)15-8-6-7-9-16(15)29-20/h6-12H,4-5H2,1-3H3,(H,23,25,26). The maximum atomic E-state index is 12.8. The summed E-state index contributed by atoms with van der Waals surface area (Å²) in [6.07, 6.45) is 0. The molecular formula is C22H21N3O5. The molecule has 2 aromatic heterocycles. The number of anilines is 1. The lowest BCUT2D eigenvalue weighted by Crippen LogP contribution is -2.13. The summed E-state index contributed by atoms with van der Waals surface area (Å²) in [5.41, 5.74) is 2.44. The van der Waals surface area contributed by atoms with Crippen molar-refractivity contribution in [3.05, 3.63) is 53.8 Å². The molecule has 2 heterocycles. The van der Waals surface area contributed by atoms with Gasteiger partial charge in [-0.1, -0.05) is 18.2 Å². The predicted octanol–water partition coefficient (Wildman–Crippen LogP) is 4.84. The molecule has 0 unspecified atom stereocenters. The molecule has 1 amide bonds. The number of furan rings is 1. The van der Waals surface area contributed by atoms with Crippen molar-refractivity contribution in [1.29, 1.82) is 0 Å². The van der Waals surface area contributed by atoms with Crippen LogP contribution in [-0.4, -0.2) is 29.4 Å². The maximum absolute atomic E-state index is 12.8. The summed E-state index contributed by atoms with van der Waals surface area (Å²) in [7, 11) is 0. The number of para-hydroxylation sites is 1. The molecular weight excluding hydrogens is 386 g/mol. The second kappa shape index (κ2) is 8.28. The Morgan fingerprint density at radius 2 is 1.80 bits per heavy atom. The highest BCUT2D eigenvalue weighted by Gasteiger charge is 2.22. The van der Waals surface area contributed by atoms with Gasteiger partial charge in [0.2, 0.25) is 5.82 Å². The first-order valence-corrected chi connectivity index (χ1v) is 9.64. The SMILES string of the molecule is CCOc1ccc(-c2nonc2NC(=O)c2oc3ccccc3c2C)cc1OCC. The molecule has 0 bridgehead atoms. The lowest BCUT2D eigenvalue weighted by atomic mass is 10.1. The van der Waals surface area contributed by atoms with Crippen LogP contribution in [-0.2, 0) is 0 Å². The molecule has 1 N–H and O–H groups in total. The normalized spacial score (nSPS) is 10.9. The zero-order chi connectivity index (χ0) is 21.1. The van der Waals surface area contributed by atoms with Crippen LogP contribution in [0.15, 0.2) is 51.5 Å². The van der Waals surface area contributed by atoms with E-state index in [9.17, 15) is 4.79 Å². The Bertz CT molecular complexity index is 1190. The number of ether oxygens (including phenoxy) is 2. The molecule has 0 spiro atoms. The Hall–Kier alpha value is -3.81. The van der Waals surface area contributed by atoms with E-state index in [4.69, 9.17) is 18.5 Å². The zero-order valence-electron chi connectivity index (χ0n) is 16.9. The van der Waals surface area contributed by atoms with E-state index in [2.05, 4.69) is 15.6 Å². The van der Waals surface area contributed by atoms with Crippen LogP contribution < -0.4 is 14.8 Å². The summed E-state index contributed by atoms with van der Waals surface area (Å²) < 4.78 is 21.9. The fraction of sp³-hybridized carbons (Fsp3) is 0.227. The van der Waals surface area contributed by atoms with Crippen LogP contribution in [0.3, 0.4) is 0 Å². The molecule has 4 rings (SSSR count). The van der Waals surface area contributed by atoms with E-state index in [0.717, 1.165) is 10.9 Å². The third-order valence-electron chi connectivity index (χ3n) is 4.59. The molecule has 0 aliphatic carbocycles. The molecule has 0 saturated carbocycles. The first kappa shape index (κ1) is 19.5. The molecule has 8 heteroatoms. The van der Waals surface area contributed by atoms with E-state index in [1.54, 1.807) is 18.2 Å². The van der Waals surface area contributed by atoms with Gasteiger partial charge >= 0.3 is 0 Å². The molecule has 8 nitrogen and oxygen atoms in total. The number of fused-ring (bicyclic) bond motifs is 1. The topological polar surface area (TPSA) is 99.6 Å². The number of carbonyl (C=O) groups excluding carboxylic acids is 1. The average Bonchev–Trinajstić information content (AvgIpc) is 3.34. The highest BCUT2D eigenvalue weighted by Crippen LogP contribution is 2.35. The fourth-order valence-electron chi connectivity index (χ4n) is 3.21. The molecule has 2 aromatic carbocycles. The van der Waals surface area contributed by atoms with E-state index in [0.29, 0.717) is 41.6 Å². The van der Waals surface area contributed by atoms with Gasteiger partial charge in [-0.25, -0.2) is 4.63 Å². The first-order valence-electron chi connectivity index (χ1n) is 9.64. The van der Waals surface area contributed by atoms with Crippen molar-refractivity contribution in [3.8, 4) is 22.8 Å². The smallest absolute Gasteiger partial charge is 0.292 e. The quantitative estimate of drug-likeness (QED) is 0.468. The Morgan fingerprint density at radius 1 is 1.03 bits per heavy atom. The third kappa shape index (κ3) is 3.59. The number of aromatic nitrogens is 2. The fourth-order valence-corrected chi connectivity index (χ4v) is 3.21. The Morgan fingerprint density at radius 3 is 2.57 bits per heavy atom. The minimum absolute atomic E-state index is 0.187. The van der Waals surface area contributed by atoms with Crippen LogP contribution in [0.4, 0.5) is 5.82 Å². The Balaban J connectivity index is 1.64. The molecule has 0 fully saturated rings. The molecule has 154 valence electrons. The maximum Gasteiger partial charge on any atom is 0.292 e. The zero-order valence-corrected chi connectivity index (χ0v) is 16.9. The van der Waals surface area contributed by atoms with Gasteiger partial charge in [-0.3, -0.25) is 10.1 Å². The van der Waals surface area contributed by atoms with Crippen LogP contribution in [0.1, 0.15) is 30.0 Å².